The maximum Gasteiger partial charge on any atom is 0.00702 e. The first kappa shape index (κ1) is 9.79. The summed E-state index contributed by atoms with van der Waals surface area (Å²) in [5.74, 6) is 1.70. The van der Waals surface area contributed by atoms with Crippen molar-refractivity contribution < 1.29 is 0 Å². The van der Waals surface area contributed by atoms with Crippen LogP contribution in [0.25, 0.3) is 0 Å². The van der Waals surface area contributed by atoms with Crippen LogP contribution in [0.3, 0.4) is 0 Å². The topological polar surface area (TPSA) is 26.0 Å². The molecule has 12 heavy (non-hydrogen) atoms. The Morgan fingerprint density at radius 1 is 1.58 bits per heavy atom. The van der Waals surface area contributed by atoms with Crippen LogP contribution in [0.5, 0.6) is 0 Å². The molecule has 1 saturated carbocycles. The molecule has 2 N–H and O–H groups in total. The first-order valence-electron chi connectivity index (χ1n) is 5.10. The smallest absolute Gasteiger partial charge is 0.00702 e. The number of nitrogens with two attached hydrogens (primary N) is 1. The van der Waals surface area contributed by atoms with E-state index in [0.717, 1.165) is 24.7 Å². The summed E-state index contributed by atoms with van der Waals surface area (Å²) in [6, 6.07) is 0.424. The minimum atomic E-state index is 0.424. The summed E-state index contributed by atoms with van der Waals surface area (Å²) >= 11 is 0. The predicted octanol–water partition coefficient (Wildman–Crippen LogP) is 2.72. The molecule has 3 atom stereocenters. The zero-order chi connectivity index (χ0) is 8.97. The largest absolute Gasteiger partial charge is 0.327 e. The predicted molar refractivity (Wildman–Crippen MR) is 53.9 cm³/mol. The van der Waals surface area contributed by atoms with Crippen molar-refractivity contribution in [2.75, 3.05) is 0 Å². The third-order valence-electron chi connectivity index (χ3n) is 3.04. The van der Waals surface area contributed by atoms with E-state index >= 15 is 0 Å². The molecule has 0 aromatic carbocycles. The van der Waals surface area contributed by atoms with Crippen LogP contribution in [0.15, 0.2) is 12.7 Å². The molecule has 0 amide bonds. The molecule has 70 valence electrons. The molecule has 1 aliphatic rings. The van der Waals surface area contributed by atoms with Crippen molar-refractivity contribution in [2.45, 2.75) is 45.1 Å². The standard InChI is InChI=1S/C11H21N/c1-3-4-5-11(12)10-7-6-9(2)8-10/h3,9-11H,1,4-8,12H2,2H3. The van der Waals surface area contributed by atoms with Crippen LogP contribution < -0.4 is 5.73 Å². The molecule has 0 spiro atoms. The molecular weight excluding hydrogens is 146 g/mol. The number of hydrogen-bond acceptors (Lipinski definition) is 1. The van der Waals surface area contributed by atoms with Crippen molar-refractivity contribution in [2.24, 2.45) is 17.6 Å². The molecule has 1 heteroatoms. The van der Waals surface area contributed by atoms with Crippen molar-refractivity contribution in [3.8, 4) is 0 Å². The van der Waals surface area contributed by atoms with Gasteiger partial charge in [-0.3, -0.25) is 0 Å². The van der Waals surface area contributed by atoms with Gasteiger partial charge in [0.15, 0.2) is 0 Å². The first-order chi connectivity index (χ1) is 5.74. The fraction of sp³-hybridized carbons (Fsp3) is 0.818. The van der Waals surface area contributed by atoms with E-state index in [1.807, 2.05) is 6.08 Å². The third-order valence-corrected chi connectivity index (χ3v) is 3.04. The Kier molecular flexibility index (Phi) is 3.80. The fourth-order valence-electron chi connectivity index (χ4n) is 2.19. The van der Waals surface area contributed by atoms with Gasteiger partial charge in [0, 0.05) is 6.04 Å². The minimum Gasteiger partial charge on any atom is -0.327 e. The average molecular weight is 167 g/mol. The van der Waals surface area contributed by atoms with Gasteiger partial charge < -0.3 is 5.73 Å². The Hall–Kier alpha value is -0.300. The highest BCUT2D eigenvalue weighted by Gasteiger charge is 2.25. The molecule has 0 aromatic heterocycles. The first-order valence-corrected chi connectivity index (χ1v) is 5.10. The van der Waals surface area contributed by atoms with Gasteiger partial charge in [-0.25, -0.2) is 0 Å². The lowest BCUT2D eigenvalue weighted by molar-refractivity contribution is 0.400. The Labute approximate surface area is 76.0 Å². The molecule has 0 aliphatic heterocycles. The zero-order valence-corrected chi connectivity index (χ0v) is 8.13. The molecule has 3 unspecified atom stereocenters. The van der Waals surface area contributed by atoms with Gasteiger partial charge in [-0.2, -0.15) is 0 Å². The van der Waals surface area contributed by atoms with E-state index in [2.05, 4.69) is 13.5 Å². The van der Waals surface area contributed by atoms with E-state index in [-0.39, 0.29) is 0 Å². The molecule has 0 saturated heterocycles. The van der Waals surface area contributed by atoms with Crippen LogP contribution >= 0.6 is 0 Å². The minimum absolute atomic E-state index is 0.424. The van der Waals surface area contributed by atoms with Gasteiger partial charge in [0.1, 0.15) is 0 Å². The Morgan fingerprint density at radius 3 is 2.83 bits per heavy atom. The van der Waals surface area contributed by atoms with E-state index in [9.17, 15) is 0 Å². The second-order valence-corrected chi connectivity index (χ2v) is 4.21. The van der Waals surface area contributed by atoms with Gasteiger partial charge in [-0.15, -0.1) is 6.58 Å². The monoisotopic (exact) mass is 167 g/mol. The molecule has 0 radical (unpaired) electrons. The maximum atomic E-state index is 6.08. The summed E-state index contributed by atoms with van der Waals surface area (Å²) in [7, 11) is 0. The second-order valence-electron chi connectivity index (χ2n) is 4.21. The van der Waals surface area contributed by atoms with Crippen molar-refractivity contribution >= 4 is 0 Å². The molecular formula is C11H21N. The van der Waals surface area contributed by atoms with Crippen LogP contribution in [0, 0.1) is 11.8 Å². The summed E-state index contributed by atoms with van der Waals surface area (Å²) < 4.78 is 0. The Balaban J connectivity index is 2.22. The van der Waals surface area contributed by atoms with Crippen molar-refractivity contribution in [1.82, 2.24) is 0 Å². The SMILES string of the molecule is C=CCCC(N)C1CCC(C)C1. The summed E-state index contributed by atoms with van der Waals surface area (Å²) in [6.45, 7) is 6.05. The van der Waals surface area contributed by atoms with Crippen molar-refractivity contribution in [1.29, 1.82) is 0 Å². The number of allylic oxidation sites excluding steroid dienone is 1. The Bertz CT molecular complexity index is 142. The molecule has 0 bridgehead atoms. The van der Waals surface area contributed by atoms with Gasteiger partial charge in [-0.05, 0) is 37.5 Å². The van der Waals surface area contributed by atoms with E-state index in [1.54, 1.807) is 0 Å². The normalized spacial score (nSPS) is 31.8. The van der Waals surface area contributed by atoms with E-state index in [4.69, 9.17) is 5.73 Å². The van der Waals surface area contributed by atoms with Crippen LogP contribution in [0.2, 0.25) is 0 Å². The lowest BCUT2D eigenvalue weighted by atomic mass is 9.94. The number of hydrogen-bond donors (Lipinski definition) is 1. The molecule has 1 fully saturated rings. The summed E-state index contributed by atoms with van der Waals surface area (Å²) in [5, 5.41) is 0. The maximum absolute atomic E-state index is 6.08. The second kappa shape index (κ2) is 4.66. The van der Waals surface area contributed by atoms with Gasteiger partial charge in [0.05, 0.1) is 0 Å². The third kappa shape index (κ3) is 2.63. The van der Waals surface area contributed by atoms with Gasteiger partial charge in [-0.1, -0.05) is 19.4 Å². The van der Waals surface area contributed by atoms with E-state index in [1.165, 1.54) is 19.3 Å². The summed E-state index contributed by atoms with van der Waals surface area (Å²) in [6.07, 6.45) is 8.25. The molecule has 0 aromatic rings. The molecule has 1 rings (SSSR count). The van der Waals surface area contributed by atoms with Crippen molar-refractivity contribution in [3.63, 3.8) is 0 Å². The van der Waals surface area contributed by atoms with Crippen LogP contribution in [-0.4, -0.2) is 6.04 Å². The number of rotatable bonds is 4. The molecule has 0 heterocycles. The Morgan fingerprint density at radius 2 is 2.33 bits per heavy atom. The quantitative estimate of drug-likeness (QED) is 0.640. The van der Waals surface area contributed by atoms with Gasteiger partial charge >= 0.3 is 0 Å². The van der Waals surface area contributed by atoms with Crippen LogP contribution in [0.1, 0.15) is 39.0 Å². The zero-order valence-electron chi connectivity index (χ0n) is 8.13. The van der Waals surface area contributed by atoms with Crippen molar-refractivity contribution in [3.05, 3.63) is 12.7 Å². The highest BCUT2D eigenvalue weighted by Crippen LogP contribution is 2.33. The molecule has 1 aliphatic carbocycles. The average Bonchev–Trinajstić information content (AvgIpc) is 2.47. The van der Waals surface area contributed by atoms with Crippen LogP contribution in [0.4, 0.5) is 0 Å². The lowest BCUT2D eigenvalue weighted by Crippen LogP contribution is -2.28. The highest BCUT2D eigenvalue weighted by atomic mass is 14.7. The summed E-state index contributed by atoms with van der Waals surface area (Å²) in [4.78, 5) is 0. The van der Waals surface area contributed by atoms with Gasteiger partial charge in [0.25, 0.3) is 0 Å². The molecule has 1 nitrogen and oxygen atoms in total. The van der Waals surface area contributed by atoms with Crippen LogP contribution in [-0.2, 0) is 0 Å². The van der Waals surface area contributed by atoms with E-state index < -0.39 is 0 Å². The van der Waals surface area contributed by atoms with E-state index in [0.29, 0.717) is 6.04 Å². The highest BCUT2D eigenvalue weighted by molar-refractivity contribution is 4.82. The summed E-state index contributed by atoms with van der Waals surface area (Å²) in [5.41, 5.74) is 6.08. The van der Waals surface area contributed by atoms with Gasteiger partial charge in [0.2, 0.25) is 0 Å². The fourth-order valence-corrected chi connectivity index (χ4v) is 2.19. The lowest BCUT2D eigenvalue weighted by Gasteiger charge is -2.17.